The van der Waals surface area contributed by atoms with E-state index in [2.05, 4.69) is 9.97 Å². The summed E-state index contributed by atoms with van der Waals surface area (Å²) in [5.74, 6) is 2.70. The summed E-state index contributed by atoms with van der Waals surface area (Å²) in [7, 11) is 3.16. The van der Waals surface area contributed by atoms with Crippen LogP contribution in [0.5, 0.6) is 23.1 Å². The van der Waals surface area contributed by atoms with Crippen LogP contribution in [0.2, 0.25) is 0 Å². The molecule has 0 aliphatic rings. The molecule has 0 radical (unpaired) electrons. The fraction of sp³-hybridized carbons (Fsp3) is 0.286. The number of ether oxygens (including phenoxy) is 3. The first-order valence-corrected chi connectivity index (χ1v) is 6.18. The second kappa shape index (κ2) is 6.10. The Labute approximate surface area is 117 Å². The fourth-order valence-electron chi connectivity index (χ4n) is 1.78. The van der Waals surface area contributed by atoms with E-state index >= 15 is 0 Å². The number of nitrogens with two attached hydrogens (primary N) is 1. The molecule has 0 saturated heterocycles. The zero-order chi connectivity index (χ0) is 14.5. The number of rotatable bonds is 5. The quantitative estimate of drug-likeness (QED) is 0.902. The van der Waals surface area contributed by atoms with Gasteiger partial charge in [0.15, 0.2) is 0 Å². The van der Waals surface area contributed by atoms with Crippen LogP contribution in [-0.4, -0.2) is 24.2 Å². The number of hydrogen-bond acceptors (Lipinski definition) is 6. The third-order valence-corrected chi connectivity index (χ3v) is 2.83. The molecule has 2 aromatic rings. The largest absolute Gasteiger partial charge is 0.496 e. The highest BCUT2D eigenvalue weighted by Crippen LogP contribution is 2.32. The summed E-state index contributed by atoms with van der Waals surface area (Å²) in [6, 6.07) is 5.27. The molecule has 0 bridgehead atoms. The molecule has 2 N–H and O–H groups in total. The molecule has 1 aromatic carbocycles. The second-order valence-corrected chi connectivity index (χ2v) is 4.05. The van der Waals surface area contributed by atoms with E-state index in [0.29, 0.717) is 35.4 Å². The molecule has 0 spiro atoms. The molecule has 106 valence electrons. The van der Waals surface area contributed by atoms with Crippen LogP contribution in [0.25, 0.3) is 0 Å². The first-order chi connectivity index (χ1) is 9.67. The highest BCUT2D eigenvalue weighted by Gasteiger charge is 2.11. The summed E-state index contributed by atoms with van der Waals surface area (Å²) in [6.45, 7) is 1.97. The van der Waals surface area contributed by atoms with Crippen LogP contribution < -0.4 is 19.9 Å². The standard InChI is InChI=1S/C14H17N3O3/c1-4-12-13(15)16-8-17-14(12)20-11-6-9(18-2)5-10(7-11)19-3/h5-8H,4H2,1-3H3,(H2,15,16,17). The maximum absolute atomic E-state index is 5.82. The van der Waals surface area contributed by atoms with Crippen molar-refractivity contribution in [1.82, 2.24) is 9.97 Å². The summed E-state index contributed by atoms with van der Waals surface area (Å²) in [6.07, 6.45) is 2.06. The predicted molar refractivity (Wildman–Crippen MR) is 75.4 cm³/mol. The van der Waals surface area contributed by atoms with Crippen LogP contribution in [-0.2, 0) is 6.42 Å². The van der Waals surface area contributed by atoms with Crippen LogP contribution in [0.1, 0.15) is 12.5 Å². The van der Waals surface area contributed by atoms with E-state index in [1.807, 2.05) is 6.92 Å². The lowest BCUT2D eigenvalue weighted by atomic mass is 10.2. The summed E-state index contributed by atoms with van der Waals surface area (Å²) >= 11 is 0. The first-order valence-electron chi connectivity index (χ1n) is 6.18. The molecule has 0 unspecified atom stereocenters. The van der Waals surface area contributed by atoms with Gasteiger partial charge < -0.3 is 19.9 Å². The Bertz CT molecular complexity index is 580. The molecule has 20 heavy (non-hydrogen) atoms. The molecular weight excluding hydrogens is 258 g/mol. The number of aromatic nitrogens is 2. The van der Waals surface area contributed by atoms with Gasteiger partial charge in [0.25, 0.3) is 0 Å². The lowest BCUT2D eigenvalue weighted by Gasteiger charge is -2.12. The van der Waals surface area contributed by atoms with Crippen LogP contribution in [0.3, 0.4) is 0 Å². The van der Waals surface area contributed by atoms with Gasteiger partial charge >= 0.3 is 0 Å². The third kappa shape index (κ3) is 2.90. The van der Waals surface area contributed by atoms with E-state index in [-0.39, 0.29) is 0 Å². The summed E-state index contributed by atoms with van der Waals surface area (Å²) < 4.78 is 16.2. The van der Waals surface area contributed by atoms with Gasteiger partial charge in [0, 0.05) is 18.2 Å². The summed E-state index contributed by atoms with van der Waals surface area (Å²) in [5, 5.41) is 0. The molecule has 0 aliphatic carbocycles. The van der Waals surface area contributed by atoms with Gasteiger partial charge in [-0.1, -0.05) is 6.92 Å². The Hall–Kier alpha value is -2.50. The average molecular weight is 275 g/mol. The molecule has 0 fully saturated rings. The van der Waals surface area contributed by atoms with E-state index in [9.17, 15) is 0 Å². The number of nitrogens with zero attached hydrogens (tertiary/aromatic N) is 2. The van der Waals surface area contributed by atoms with Crippen molar-refractivity contribution in [1.29, 1.82) is 0 Å². The summed E-state index contributed by atoms with van der Waals surface area (Å²) in [4.78, 5) is 8.08. The maximum atomic E-state index is 5.82. The van der Waals surface area contributed by atoms with Gasteiger partial charge in [-0.25, -0.2) is 9.97 Å². The molecule has 0 aliphatic heterocycles. The van der Waals surface area contributed by atoms with E-state index < -0.39 is 0 Å². The van der Waals surface area contributed by atoms with Gasteiger partial charge in [-0.15, -0.1) is 0 Å². The van der Waals surface area contributed by atoms with Crippen molar-refractivity contribution >= 4 is 5.82 Å². The number of hydrogen-bond donors (Lipinski definition) is 1. The fourth-order valence-corrected chi connectivity index (χ4v) is 1.78. The molecular formula is C14H17N3O3. The Morgan fingerprint density at radius 3 is 2.15 bits per heavy atom. The Kier molecular flexibility index (Phi) is 4.24. The number of benzene rings is 1. The van der Waals surface area contributed by atoms with Gasteiger partial charge in [-0.05, 0) is 6.42 Å². The van der Waals surface area contributed by atoms with Crippen molar-refractivity contribution in [2.45, 2.75) is 13.3 Å². The highest BCUT2D eigenvalue weighted by atomic mass is 16.5. The molecule has 1 heterocycles. The van der Waals surface area contributed by atoms with Gasteiger partial charge in [0.2, 0.25) is 5.88 Å². The van der Waals surface area contributed by atoms with Gasteiger partial charge in [0.1, 0.15) is 29.4 Å². The van der Waals surface area contributed by atoms with E-state index in [0.717, 1.165) is 5.56 Å². The maximum Gasteiger partial charge on any atom is 0.227 e. The molecule has 6 nitrogen and oxygen atoms in total. The molecule has 0 atom stereocenters. The van der Waals surface area contributed by atoms with Crippen LogP contribution in [0.15, 0.2) is 24.5 Å². The molecule has 2 rings (SSSR count). The zero-order valence-electron chi connectivity index (χ0n) is 11.7. The zero-order valence-corrected chi connectivity index (χ0v) is 11.7. The monoisotopic (exact) mass is 275 g/mol. The van der Waals surface area contributed by atoms with Gasteiger partial charge in [-0.3, -0.25) is 0 Å². The van der Waals surface area contributed by atoms with Crippen molar-refractivity contribution in [3.63, 3.8) is 0 Å². The van der Waals surface area contributed by atoms with Gasteiger partial charge in [-0.2, -0.15) is 0 Å². The van der Waals surface area contributed by atoms with Crippen molar-refractivity contribution < 1.29 is 14.2 Å². The smallest absolute Gasteiger partial charge is 0.227 e. The van der Waals surface area contributed by atoms with E-state index in [1.165, 1.54) is 6.33 Å². The molecule has 0 saturated carbocycles. The van der Waals surface area contributed by atoms with Crippen molar-refractivity contribution in [2.24, 2.45) is 0 Å². The first kappa shape index (κ1) is 13.9. The van der Waals surface area contributed by atoms with Crippen molar-refractivity contribution in [3.05, 3.63) is 30.1 Å². The van der Waals surface area contributed by atoms with Crippen LogP contribution in [0.4, 0.5) is 5.82 Å². The molecule has 6 heteroatoms. The minimum atomic E-state index is 0.423. The van der Waals surface area contributed by atoms with E-state index in [4.69, 9.17) is 19.9 Å². The predicted octanol–water partition coefficient (Wildman–Crippen LogP) is 2.43. The lowest BCUT2D eigenvalue weighted by molar-refractivity contribution is 0.384. The van der Waals surface area contributed by atoms with Crippen LogP contribution >= 0.6 is 0 Å². The van der Waals surface area contributed by atoms with E-state index in [1.54, 1.807) is 32.4 Å². The number of nitrogen functional groups attached to an aromatic ring is 1. The third-order valence-electron chi connectivity index (χ3n) is 2.83. The second-order valence-electron chi connectivity index (χ2n) is 4.05. The average Bonchev–Trinajstić information content (AvgIpc) is 2.47. The Balaban J connectivity index is 2.37. The number of anilines is 1. The highest BCUT2D eigenvalue weighted by molar-refractivity contribution is 5.48. The minimum Gasteiger partial charge on any atom is -0.496 e. The minimum absolute atomic E-state index is 0.423. The SMILES string of the molecule is CCc1c(N)ncnc1Oc1cc(OC)cc(OC)c1. The molecule has 1 aromatic heterocycles. The summed E-state index contributed by atoms with van der Waals surface area (Å²) in [5.41, 5.74) is 6.59. The van der Waals surface area contributed by atoms with Crippen LogP contribution in [0, 0.1) is 0 Å². The Morgan fingerprint density at radius 1 is 1.00 bits per heavy atom. The Morgan fingerprint density at radius 2 is 1.60 bits per heavy atom. The number of methoxy groups -OCH3 is 2. The molecule has 0 amide bonds. The van der Waals surface area contributed by atoms with Crippen molar-refractivity contribution in [3.8, 4) is 23.1 Å². The van der Waals surface area contributed by atoms with Crippen molar-refractivity contribution in [2.75, 3.05) is 20.0 Å². The lowest BCUT2D eigenvalue weighted by Crippen LogP contribution is -2.02. The topological polar surface area (TPSA) is 79.5 Å². The van der Waals surface area contributed by atoms with Gasteiger partial charge in [0.05, 0.1) is 19.8 Å². The normalized spacial score (nSPS) is 10.2.